The summed E-state index contributed by atoms with van der Waals surface area (Å²) in [5.41, 5.74) is 5.32. The number of benzene rings is 1. The summed E-state index contributed by atoms with van der Waals surface area (Å²) < 4.78 is 37.4. The molecule has 1 aliphatic heterocycles. The molecular formula is C14H20N2O5S. The first-order chi connectivity index (χ1) is 10.3. The van der Waals surface area contributed by atoms with Gasteiger partial charge >= 0.3 is 0 Å². The van der Waals surface area contributed by atoms with E-state index in [2.05, 4.69) is 0 Å². The number of carbonyl (C=O) groups is 1. The zero-order chi connectivity index (χ0) is 16.5. The second kappa shape index (κ2) is 6.23. The second-order valence-electron chi connectivity index (χ2n) is 5.31. The quantitative estimate of drug-likeness (QED) is 0.872. The molecule has 0 saturated carbocycles. The van der Waals surface area contributed by atoms with Crippen LogP contribution in [0.3, 0.4) is 0 Å². The van der Waals surface area contributed by atoms with Crippen molar-refractivity contribution < 1.29 is 22.7 Å². The molecule has 1 aromatic carbocycles. The van der Waals surface area contributed by atoms with E-state index in [9.17, 15) is 13.2 Å². The van der Waals surface area contributed by atoms with E-state index in [4.69, 9.17) is 15.2 Å². The minimum absolute atomic E-state index is 0.0170. The van der Waals surface area contributed by atoms with E-state index in [0.717, 1.165) is 0 Å². The van der Waals surface area contributed by atoms with Gasteiger partial charge in [0, 0.05) is 13.1 Å². The summed E-state index contributed by atoms with van der Waals surface area (Å²) in [5.74, 6) is -0.493. The number of carbonyl (C=O) groups excluding carboxylic acids is 1. The molecule has 0 aromatic heterocycles. The van der Waals surface area contributed by atoms with Crippen molar-refractivity contribution in [2.45, 2.75) is 31.0 Å². The van der Waals surface area contributed by atoms with E-state index in [0.29, 0.717) is 0 Å². The Balaban J connectivity index is 2.41. The number of hydrogen-bond acceptors (Lipinski definition) is 5. The monoisotopic (exact) mass is 328 g/mol. The van der Waals surface area contributed by atoms with Gasteiger partial charge in [0.05, 0.1) is 29.8 Å². The number of morpholine rings is 1. The lowest BCUT2D eigenvalue weighted by Crippen LogP contribution is -2.48. The number of hydrogen-bond donors (Lipinski definition) is 1. The number of nitrogens with zero attached hydrogens (tertiary/aromatic N) is 1. The summed E-state index contributed by atoms with van der Waals surface area (Å²) in [4.78, 5) is 11.5. The van der Waals surface area contributed by atoms with Crippen molar-refractivity contribution in [1.82, 2.24) is 4.31 Å². The van der Waals surface area contributed by atoms with E-state index in [1.54, 1.807) is 0 Å². The molecule has 1 saturated heterocycles. The van der Waals surface area contributed by atoms with Crippen LogP contribution in [0.5, 0.6) is 5.75 Å². The standard InChI is InChI=1S/C14H20N2O5S/c1-9-7-16(8-10(2)21-9)22(18,19)11-4-5-13(20-3)12(6-11)14(15)17/h4-6,9-10H,7-8H2,1-3H3,(H2,15,17). The Morgan fingerprint density at radius 1 is 1.32 bits per heavy atom. The fourth-order valence-electron chi connectivity index (χ4n) is 2.52. The Morgan fingerprint density at radius 3 is 2.41 bits per heavy atom. The summed E-state index contributed by atoms with van der Waals surface area (Å²) in [7, 11) is -2.33. The number of amides is 1. The van der Waals surface area contributed by atoms with E-state index >= 15 is 0 Å². The van der Waals surface area contributed by atoms with Gasteiger partial charge < -0.3 is 15.2 Å². The molecule has 2 rings (SSSR count). The first-order valence-corrected chi connectivity index (χ1v) is 8.33. The maximum atomic E-state index is 12.7. The van der Waals surface area contributed by atoms with Gasteiger partial charge in [-0.25, -0.2) is 8.42 Å². The van der Waals surface area contributed by atoms with Crippen LogP contribution in [-0.2, 0) is 14.8 Å². The third-order valence-corrected chi connectivity index (χ3v) is 5.29. The average Bonchev–Trinajstić information content (AvgIpc) is 2.45. The number of sulfonamides is 1. The lowest BCUT2D eigenvalue weighted by Gasteiger charge is -2.34. The molecule has 0 spiro atoms. The lowest BCUT2D eigenvalue weighted by atomic mass is 10.2. The largest absolute Gasteiger partial charge is 0.496 e. The predicted molar refractivity (Wildman–Crippen MR) is 80.3 cm³/mol. The lowest BCUT2D eigenvalue weighted by molar-refractivity contribution is -0.0440. The maximum Gasteiger partial charge on any atom is 0.252 e. The van der Waals surface area contributed by atoms with E-state index in [1.807, 2.05) is 13.8 Å². The zero-order valence-corrected chi connectivity index (χ0v) is 13.6. The van der Waals surface area contributed by atoms with Gasteiger partial charge in [-0.2, -0.15) is 4.31 Å². The van der Waals surface area contributed by atoms with Crippen molar-refractivity contribution in [3.63, 3.8) is 0 Å². The van der Waals surface area contributed by atoms with Gasteiger partial charge in [0.1, 0.15) is 5.75 Å². The van der Waals surface area contributed by atoms with Gasteiger partial charge in [0.15, 0.2) is 0 Å². The van der Waals surface area contributed by atoms with Crippen LogP contribution in [-0.4, -0.2) is 51.0 Å². The first kappa shape index (κ1) is 16.7. The third kappa shape index (κ3) is 3.23. The molecule has 1 aliphatic rings. The summed E-state index contributed by atoms with van der Waals surface area (Å²) in [6.07, 6.45) is -0.375. The Morgan fingerprint density at radius 2 is 1.91 bits per heavy atom. The van der Waals surface area contributed by atoms with Crippen molar-refractivity contribution in [3.05, 3.63) is 23.8 Å². The van der Waals surface area contributed by atoms with Gasteiger partial charge in [0.2, 0.25) is 10.0 Å². The van der Waals surface area contributed by atoms with Crippen LogP contribution in [0.2, 0.25) is 0 Å². The summed E-state index contributed by atoms with van der Waals surface area (Å²) in [6.45, 7) is 4.18. The molecular weight excluding hydrogens is 308 g/mol. The van der Waals surface area contributed by atoms with Crippen LogP contribution >= 0.6 is 0 Å². The molecule has 22 heavy (non-hydrogen) atoms. The van der Waals surface area contributed by atoms with E-state index < -0.39 is 15.9 Å². The molecule has 0 aliphatic carbocycles. The normalized spacial score (nSPS) is 23.2. The predicted octanol–water partition coefficient (Wildman–Crippen LogP) is 0.592. The summed E-state index contributed by atoms with van der Waals surface area (Å²) >= 11 is 0. The van der Waals surface area contributed by atoms with Crippen molar-refractivity contribution >= 4 is 15.9 Å². The summed E-state index contributed by atoms with van der Waals surface area (Å²) in [5, 5.41) is 0. The molecule has 1 aromatic rings. The molecule has 1 fully saturated rings. The minimum Gasteiger partial charge on any atom is -0.496 e. The molecule has 122 valence electrons. The van der Waals surface area contributed by atoms with Crippen LogP contribution in [0.25, 0.3) is 0 Å². The number of ether oxygens (including phenoxy) is 2. The molecule has 0 bridgehead atoms. The van der Waals surface area contributed by atoms with Crippen molar-refractivity contribution in [2.24, 2.45) is 5.73 Å². The molecule has 1 amide bonds. The molecule has 2 N–H and O–H groups in total. The highest BCUT2D eigenvalue weighted by atomic mass is 32.2. The van der Waals surface area contributed by atoms with Gasteiger partial charge in [-0.05, 0) is 32.0 Å². The molecule has 2 unspecified atom stereocenters. The van der Waals surface area contributed by atoms with E-state index in [1.165, 1.54) is 29.6 Å². The Hall–Kier alpha value is -1.64. The zero-order valence-electron chi connectivity index (χ0n) is 12.8. The van der Waals surface area contributed by atoms with Gasteiger partial charge in [0.25, 0.3) is 5.91 Å². The molecule has 2 atom stereocenters. The number of methoxy groups -OCH3 is 1. The van der Waals surface area contributed by atoms with Crippen LogP contribution in [0.15, 0.2) is 23.1 Å². The second-order valence-corrected chi connectivity index (χ2v) is 7.24. The number of nitrogens with two attached hydrogens (primary N) is 1. The van der Waals surface area contributed by atoms with Crippen LogP contribution < -0.4 is 10.5 Å². The Labute approximate surface area is 130 Å². The van der Waals surface area contributed by atoms with Crippen molar-refractivity contribution in [2.75, 3.05) is 20.2 Å². The Bertz CT molecular complexity index is 664. The molecule has 8 heteroatoms. The maximum absolute atomic E-state index is 12.7. The highest BCUT2D eigenvalue weighted by Crippen LogP contribution is 2.26. The topological polar surface area (TPSA) is 98.9 Å². The van der Waals surface area contributed by atoms with E-state index in [-0.39, 0.29) is 41.5 Å². The smallest absolute Gasteiger partial charge is 0.252 e. The van der Waals surface area contributed by atoms with Gasteiger partial charge in [-0.15, -0.1) is 0 Å². The first-order valence-electron chi connectivity index (χ1n) is 6.89. The van der Waals surface area contributed by atoms with Crippen LogP contribution in [0.1, 0.15) is 24.2 Å². The SMILES string of the molecule is COc1ccc(S(=O)(=O)N2CC(C)OC(C)C2)cc1C(N)=O. The van der Waals surface area contributed by atoms with Crippen molar-refractivity contribution in [3.8, 4) is 5.75 Å². The number of rotatable bonds is 4. The molecule has 1 heterocycles. The fraction of sp³-hybridized carbons (Fsp3) is 0.500. The molecule has 0 radical (unpaired) electrons. The van der Waals surface area contributed by atoms with Gasteiger partial charge in [-0.3, -0.25) is 4.79 Å². The fourth-order valence-corrected chi connectivity index (χ4v) is 4.13. The third-order valence-electron chi connectivity index (χ3n) is 3.46. The summed E-state index contributed by atoms with van der Waals surface area (Å²) in [6, 6.07) is 4.09. The van der Waals surface area contributed by atoms with Crippen LogP contribution in [0.4, 0.5) is 0 Å². The van der Waals surface area contributed by atoms with Gasteiger partial charge in [-0.1, -0.05) is 0 Å². The number of primary amides is 1. The highest BCUT2D eigenvalue weighted by Gasteiger charge is 2.32. The van der Waals surface area contributed by atoms with Crippen LogP contribution in [0, 0.1) is 0 Å². The minimum atomic E-state index is -3.72. The highest BCUT2D eigenvalue weighted by molar-refractivity contribution is 7.89. The molecule has 7 nitrogen and oxygen atoms in total. The van der Waals surface area contributed by atoms with Crippen molar-refractivity contribution in [1.29, 1.82) is 0 Å². The Kier molecular flexibility index (Phi) is 4.74. The average molecular weight is 328 g/mol.